The van der Waals surface area contributed by atoms with Gasteiger partial charge < -0.3 is 5.32 Å². The first-order chi connectivity index (χ1) is 15.6. The summed E-state index contributed by atoms with van der Waals surface area (Å²) in [4.78, 5) is 23.2. The molecule has 3 rings (SSSR count). The summed E-state index contributed by atoms with van der Waals surface area (Å²) in [5, 5.41) is 21.6. The highest BCUT2D eigenvalue weighted by Crippen LogP contribution is 2.18. The maximum Gasteiger partial charge on any atom is 0.274 e. The molecule has 0 bridgehead atoms. The molecule has 2 N–H and O–H groups in total. The topological polar surface area (TPSA) is 149 Å². The molecule has 0 atom stereocenters. The van der Waals surface area contributed by atoms with Gasteiger partial charge in [-0.2, -0.15) is 0 Å². The second-order valence-electron chi connectivity index (χ2n) is 7.70. The number of nitrogens with zero attached hydrogens (tertiary/aromatic N) is 4. The van der Waals surface area contributed by atoms with Gasteiger partial charge in [0.1, 0.15) is 0 Å². The number of nitrogens with one attached hydrogen (secondary N) is 2. The first-order valence-electron chi connectivity index (χ1n) is 10.1. The number of amides is 1. The first-order valence-corrected chi connectivity index (χ1v) is 11.7. The fourth-order valence-corrected chi connectivity index (χ4v) is 4.75. The molecule has 1 aromatic heterocycles. The molecule has 0 aliphatic rings. The Hall–Kier alpha value is -3.64. The smallest absolute Gasteiger partial charge is 0.274 e. The van der Waals surface area contributed by atoms with Crippen LogP contribution in [0, 0.1) is 17.0 Å². The fraction of sp³-hybridized carbons (Fsp3) is 0.286. The van der Waals surface area contributed by atoms with Gasteiger partial charge in [0.15, 0.2) is 5.69 Å². The third-order valence-corrected chi connectivity index (χ3v) is 6.23. The SMILES string of the molecule is Cc1c(C(=O)NCc2ccccc2CS(=O)(=O)NC(C)C)nnn1-c1cccc([N+](=O)[O-])c1. The molecule has 0 spiro atoms. The van der Waals surface area contributed by atoms with Gasteiger partial charge in [-0.05, 0) is 38.0 Å². The van der Waals surface area contributed by atoms with E-state index in [0.29, 0.717) is 22.5 Å². The molecule has 0 unspecified atom stereocenters. The number of hydrogen-bond acceptors (Lipinski definition) is 7. The zero-order chi connectivity index (χ0) is 24.2. The van der Waals surface area contributed by atoms with Crippen LogP contribution < -0.4 is 10.0 Å². The van der Waals surface area contributed by atoms with Gasteiger partial charge in [0.05, 0.1) is 22.1 Å². The van der Waals surface area contributed by atoms with Crippen molar-refractivity contribution in [2.24, 2.45) is 0 Å². The van der Waals surface area contributed by atoms with E-state index in [0.717, 1.165) is 0 Å². The zero-order valence-corrected chi connectivity index (χ0v) is 19.2. The number of nitro benzene ring substituents is 1. The van der Waals surface area contributed by atoms with Crippen molar-refractivity contribution >= 4 is 21.6 Å². The lowest BCUT2D eigenvalue weighted by molar-refractivity contribution is -0.384. The van der Waals surface area contributed by atoms with Crippen LogP contribution in [0.4, 0.5) is 5.69 Å². The quantitative estimate of drug-likeness (QED) is 0.358. The molecule has 0 saturated heterocycles. The molecular formula is C21H24N6O5S. The minimum absolute atomic E-state index is 0.0630. The maximum atomic E-state index is 12.7. The second-order valence-corrected chi connectivity index (χ2v) is 9.45. The number of carbonyl (C=O) groups excluding carboxylic acids is 1. The van der Waals surface area contributed by atoms with Crippen LogP contribution >= 0.6 is 0 Å². The van der Waals surface area contributed by atoms with Gasteiger partial charge in [0.25, 0.3) is 11.6 Å². The van der Waals surface area contributed by atoms with Gasteiger partial charge in [-0.1, -0.05) is 35.5 Å². The van der Waals surface area contributed by atoms with E-state index in [4.69, 9.17) is 0 Å². The molecule has 0 aliphatic carbocycles. The Morgan fingerprint density at radius 2 is 1.85 bits per heavy atom. The number of benzene rings is 2. The molecule has 33 heavy (non-hydrogen) atoms. The number of non-ortho nitro benzene ring substituents is 1. The first kappa shape index (κ1) is 24.0. The van der Waals surface area contributed by atoms with Crippen molar-refractivity contribution in [2.45, 2.75) is 39.1 Å². The average Bonchev–Trinajstić information content (AvgIpc) is 3.13. The summed E-state index contributed by atoms with van der Waals surface area (Å²) in [7, 11) is -3.53. The summed E-state index contributed by atoms with van der Waals surface area (Å²) in [5.74, 6) is -0.707. The molecule has 0 aliphatic heterocycles. The van der Waals surface area contributed by atoms with Gasteiger partial charge in [0, 0.05) is 24.7 Å². The van der Waals surface area contributed by atoms with E-state index in [-0.39, 0.29) is 29.7 Å². The van der Waals surface area contributed by atoms with Crippen LogP contribution in [-0.4, -0.2) is 40.3 Å². The van der Waals surface area contributed by atoms with E-state index in [2.05, 4.69) is 20.4 Å². The van der Waals surface area contributed by atoms with E-state index in [1.54, 1.807) is 51.1 Å². The molecule has 12 heteroatoms. The molecule has 0 radical (unpaired) electrons. The van der Waals surface area contributed by atoms with E-state index in [9.17, 15) is 23.3 Å². The van der Waals surface area contributed by atoms with Crippen molar-refractivity contribution in [1.82, 2.24) is 25.0 Å². The minimum atomic E-state index is -3.53. The highest BCUT2D eigenvalue weighted by molar-refractivity contribution is 7.88. The van der Waals surface area contributed by atoms with E-state index >= 15 is 0 Å². The number of rotatable bonds is 9. The van der Waals surface area contributed by atoms with Crippen LogP contribution in [-0.2, 0) is 22.3 Å². The van der Waals surface area contributed by atoms with Crippen molar-refractivity contribution in [3.63, 3.8) is 0 Å². The van der Waals surface area contributed by atoms with Crippen LogP contribution in [0.5, 0.6) is 0 Å². The Bertz CT molecular complexity index is 1290. The Balaban J connectivity index is 1.75. The Labute approximate surface area is 191 Å². The van der Waals surface area contributed by atoms with Gasteiger partial charge in [-0.15, -0.1) is 5.10 Å². The number of aromatic nitrogens is 3. The maximum absolute atomic E-state index is 12.7. The predicted molar refractivity (Wildman–Crippen MR) is 121 cm³/mol. The van der Waals surface area contributed by atoms with Crippen molar-refractivity contribution in [3.05, 3.63) is 81.2 Å². The Morgan fingerprint density at radius 3 is 2.52 bits per heavy atom. The lowest BCUT2D eigenvalue weighted by Gasteiger charge is -2.13. The largest absolute Gasteiger partial charge is 0.346 e. The third-order valence-electron chi connectivity index (χ3n) is 4.71. The zero-order valence-electron chi connectivity index (χ0n) is 18.3. The molecule has 3 aromatic rings. The van der Waals surface area contributed by atoms with Crippen molar-refractivity contribution in [2.75, 3.05) is 0 Å². The summed E-state index contributed by atoms with van der Waals surface area (Å²) in [5.41, 5.74) is 2.00. The predicted octanol–water partition coefficient (Wildman–Crippen LogP) is 2.24. The van der Waals surface area contributed by atoms with Crippen LogP contribution in [0.25, 0.3) is 5.69 Å². The van der Waals surface area contributed by atoms with E-state index in [1.807, 2.05) is 0 Å². The molecule has 0 saturated carbocycles. The highest BCUT2D eigenvalue weighted by atomic mass is 32.2. The van der Waals surface area contributed by atoms with Crippen LogP contribution in [0.3, 0.4) is 0 Å². The summed E-state index contributed by atoms with van der Waals surface area (Å²) >= 11 is 0. The van der Waals surface area contributed by atoms with Crippen molar-refractivity contribution in [3.8, 4) is 5.69 Å². The summed E-state index contributed by atoms with van der Waals surface area (Å²) in [6.07, 6.45) is 0. The number of carbonyl (C=O) groups is 1. The Morgan fingerprint density at radius 1 is 1.15 bits per heavy atom. The van der Waals surface area contributed by atoms with E-state index < -0.39 is 20.9 Å². The normalized spacial score (nSPS) is 11.5. The molecule has 0 fully saturated rings. The number of hydrogen-bond donors (Lipinski definition) is 2. The van der Waals surface area contributed by atoms with Crippen molar-refractivity contribution < 1.29 is 18.1 Å². The van der Waals surface area contributed by atoms with Gasteiger partial charge in [-0.3, -0.25) is 14.9 Å². The molecule has 1 amide bonds. The second kappa shape index (κ2) is 9.88. The average molecular weight is 473 g/mol. The Kier molecular flexibility index (Phi) is 7.19. The molecular weight excluding hydrogens is 448 g/mol. The van der Waals surface area contributed by atoms with E-state index in [1.165, 1.54) is 22.9 Å². The summed E-state index contributed by atoms with van der Waals surface area (Å²) in [6, 6.07) is 12.6. The van der Waals surface area contributed by atoms with Crippen LogP contribution in [0.15, 0.2) is 48.5 Å². The fourth-order valence-electron chi connectivity index (χ4n) is 3.26. The minimum Gasteiger partial charge on any atom is -0.346 e. The lowest BCUT2D eigenvalue weighted by Crippen LogP contribution is -2.32. The van der Waals surface area contributed by atoms with Gasteiger partial charge in [0.2, 0.25) is 10.0 Å². The number of sulfonamides is 1. The van der Waals surface area contributed by atoms with Crippen LogP contribution in [0.1, 0.15) is 41.2 Å². The third kappa shape index (κ3) is 5.99. The van der Waals surface area contributed by atoms with Gasteiger partial charge >= 0.3 is 0 Å². The monoisotopic (exact) mass is 472 g/mol. The highest BCUT2D eigenvalue weighted by Gasteiger charge is 2.20. The van der Waals surface area contributed by atoms with Crippen molar-refractivity contribution in [1.29, 1.82) is 0 Å². The molecule has 1 heterocycles. The van der Waals surface area contributed by atoms with Gasteiger partial charge in [-0.25, -0.2) is 17.8 Å². The molecule has 11 nitrogen and oxygen atoms in total. The standard InChI is InChI=1S/C21H24N6O5S/c1-14(2)24-33(31,32)13-17-8-5-4-7-16(17)12-22-21(28)20-15(3)26(25-23-20)18-9-6-10-19(11-18)27(29)30/h4-11,14,24H,12-13H2,1-3H3,(H,22,28). The number of nitro groups is 1. The lowest BCUT2D eigenvalue weighted by atomic mass is 10.1. The molecule has 2 aromatic carbocycles. The summed E-state index contributed by atoms with van der Waals surface area (Å²) < 4.78 is 28.5. The van der Waals surface area contributed by atoms with Crippen LogP contribution in [0.2, 0.25) is 0 Å². The molecule has 174 valence electrons. The summed E-state index contributed by atoms with van der Waals surface area (Å²) in [6.45, 7) is 5.21.